The van der Waals surface area contributed by atoms with Crippen molar-refractivity contribution in [2.45, 2.75) is 40.2 Å². The number of rotatable bonds is 11. The molecule has 0 heterocycles. The molecule has 0 aliphatic rings. The van der Waals surface area contributed by atoms with E-state index >= 15 is 0 Å². The van der Waals surface area contributed by atoms with Gasteiger partial charge in [-0.05, 0) is 36.6 Å². The van der Waals surface area contributed by atoms with Crippen molar-refractivity contribution in [3.63, 3.8) is 0 Å². The van der Waals surface area contributed by atoms with Gasteiger partial charge < -0.3 is 14.8 Å². The summed E-state index contributed by atoms with van der Waals surface area (Å²) >= 11 is 0. The molecule has 1 aromatic carbocycles. The molecule has 20 heavy (non-hydrogen) atoms. The molecule has 1 rings (SSSR count). The summed E-state index contributed by atoms with van der Waals surface area (Å²) in [5.41, 5.74) is 1.29. The van der Waals surface area contributed by atoms with Crippen LogP contribution in [0.1, 0.15) is 39.2 Å². The SMILES string of the molecule is CCCCOCCOc1ccc(CNCC(C)C)cc1. The van der Waals surface area contributed by atoms with Gasteiger partial charge in [0.15, 0.2) is 0 Å². The second-order valence-electron chi connectivity index (χ2n) is 5.48. The van der Waals surface area contributed by atoms with Crippen molar-refractivity contribution in [1.29, 1.82) is 0 Å². The Labute approximate surface area is 123 Å². The molecule has 0 saturated heterocycles. The smallest absolute Gasteiger partial charge is 0.119 e. The van der Waals surface area contributed by atoms with E-state index in [-0.39, 0.29) is 0 Å². The summed E-state index contributed by atoms with van der Waals surface area (Å²) in [5.74, 6) is 1.60. The lowest BCUT2D eigenvalue weighted by Crippen LogP contribution is -2.18. The molecule has 1 N–H and O–H groups in total. The molecule has 0 bridgehead atoms. The predicted octanol–water partition coefficient (Wildman–Crippen LogP) is 3.63. The second-order valence-corrected chi connectivity index (χ2v) is 5.48. The van der Waals surface area contributed by atoms with Crippen molar-refractivity contribution < 1.29 is 9.47 Å². The molecule has 0 aromatic heterocycles. The predicted molar refractivity (Wildman–Crippen MR) is 84.2 cm³/mol. The normalized spacial score (nSPS) is 11.0. The Morgan fingerprint density at radius 1 is 1.05 bits per heavy atom. The molecular weight excluding hydrogens is 250 g/mol. The monoisotopic (exact) mass is 279 g/mol. The molecule has 3 nitrogen and oxygen atoms in total. The van der Waals surface area contributed by atoms with Crippen molar-refractivity contribution in [2.75, 3.05) is 26.4 Å². The highest BCUT2D eigenvalue weighted by Crippen LogP contribution is 2.12. The van der Waals surface area contributed by atoms with Gasteiger partial charge in [-0.25, -0.2) is 0 Å². The highest BCUT2D eigenvalue weighted by atomic mass is 16.5. The zero-order valence-electron chi connectivity index (χ0n) is 13.2. The van der Waals surface area contributed by atoms with Crippen molar-refractivity contribution in [3.05, 3.63) is 29.8 Å². The third kappa shape index (κ3) is 8.18. The fraction of sp³-hybridized carbons (Fsp3) is 0.647. The van der Waals surface area contributed by atoms with Crippen LogP contribution >= 0.6 is 0 Å². The van der Waals surface area contributed by atoms with Crippen LogP contribution in [0.4, 0.5) is 0 Å². The van der Waals surface area contributed by atoms with Gasteiger partial charge in [0, 0.05) is 13.2 Å². The Morgan fingerprint density at radius 3 is 2.45 bits per heavy atom. The van der Waals surface area contributed by atoms with Gasteiger partial charge in [-0.1, -0.05) is 39.3 Å². The number of ether oxygens (including phenoxy) is 2. The summed E-state index contributed by atoms with van der Waals surface area (Å²) in [7, 11) is 0. The molecular formula is C17H29NO2. The summed E-state index contributed by atoms with van der Waals surface area (Å²) in [5, 5.41) is 3.43. The van der Waals surface area contributed by atoms with Gasteiger partial charge in [0.05, 0.1) is 6.61 Å². The maximum absolute atomic E-state index is 5.64. The fourth-order valence-corrected chi connectivity index (χ4v) is 1.78. The van der Waals surface area contributed by atoms with E-state index in [2.05, 4.69) is 38.2 Å². The van der Waals surface area contributed by atoms with Crippen LogP contribution in [0, 0.1) is 5.92 Å². The van der Waals surface area contributed by atoms with Crippen molar-refractivity contribution in [2.24, 2.45) is 5.92 Å². The van der Waals surface area contributed by atoms with E-state index in [0.717, 1.165) is 31.9 Å². The molecule has 0 fully saturated rings. The van der Waals surface area contributed by atoms with Gasteiger partial charge in [0.1, 0.15) is 12.4 Å². The quantitative estimate of drug-likeness (QED) is 0.627. The van der Waals surface area contributed by atoms with Crippen LogP contribution < -0.4 is 10.1 Å². The second kappa shape index (κ2) is 10.7. The van der Waals surface area contributed by atoms with Crippen molar-refractivity contribution >= 4 is 0 Å². The third-order valence-electron chi connectivity index (χ3n) is 2.94. The molecule has 0 saturated carbocycles. The highest BCUT2D eigenvalue weighted by Gasteiger charge is 1.97. The maximum atomic E-state index is 5.64. The fourth-order valence-electron chi connectivity index (χ4n) is 1.78. The van der Waals surface area contributed by atoms with Crippen LogP contribution in [-0.2, 0) is 11.3 Å². The standard InChI is InChI=1S/C17H29NO2/c1-4-5-10-19-11-12-20-17-8-6-16(7-9-17)14-18-13-15(2)3/h6-9,15,18H,4-5,10-14H2,1-3H3. The molecule has 0 unspecified atom stereocenters. The van der Waals surface area contributed by atoms with E-state index < -0.39 is 0 Å². The van der Waals surface area contributed by atoms with E-state index in [9.17, 15) is 0 Å². The Balaban J connectivity index is 2.15. The minimum absolute atomic E-state index is 0.620. The van der Waals surface area contributed by atoms with Gasteiger partial charge in [-0.3, -0.25) is 0 Å². The Kier molecular flexibility index (Phi) is 9.09. The zero-order valence-corrected chi connectivity index (χ0v) is 13.2. The first-order valence-corrected chi connectivity index (χ1v) is 7.72. The average Bonchev–Trinajstić information content (AvgIpc) is 2.44. The summed E-state index contributed by atoms with van der Waals surface area (Å²) in [6.45, 7) is 10.7. The van der Waals surface area contributed by atoms with E-state index in [0.29, 0.717) is 19.1 Å². The van der Waals surface area contributed by atoms with Gasteiger partial charge >= 0.3 is 0 Å². The maximum Gasteiger partial charge on any atom is 0.119 e. The molecule has 0 aliphatic carbocycles. The molecule has 1 aromatic rings. The number of hydrogen-bond donors (Lipinski definition) is 1. The number of hydrogen-bond acceptors (Lipinski definition) is 3. The molecule has 3 heteroatoms. The Morgan fingerprint density at radius 2 is 1.80 bits per heavy atom. The molecule has 0 amide bonds. The minimum Gasteiger partial charge on any atom is -0.491 e. The number of nitrogens with one attached hydrogen (secondary N) is 1. The third-order valence-corrected chi connectivity index (χ3v) is 2.94. The molecule has 0 aliphatic heterocycles. The first kappa shape index (κ1) is 17.0. The van der Waals surface area contributed by atoms with Crippen LogP contribution in [0.3, 0.4) is 0 Å². The zero-order chi connectivity index (χ0) is 14.6. The summed E-state index contributed by atoms with van der Waals surface area (Å²) in [6, 6.07) is 8.28. The number of unbranched alkanes of at least 4 members (excludes halogenated alkanes) is 1. The molecule has 0 atom stereocenters. The largest absolute Gasteiger partial charge is 0.491 e. The van der Waals surface area contributed by atoms with Crippen LogP contribution in [0.25, 0.3) is 0 Å². The lowest BCUT2D eigenvalue weighted by molar-refractivity contribution is 0.0980. The van der Waals surface area contributed by atoms with Gasteiger partial charge in [0.25, 0.3) is 0 Å². The van der Waals surface area contributed by atoms with Crippen molar-refractivity contribution in [1.82, 2.24) is 5.32 Å². The summed E-state index contributed by atoms with van der Waals surface area (Å²) < 4.78 is 11.1. The summed E-state index contributed by atoms with van der Waals surface area (Å²) in [4.78, 5) is 0. The van der Waals surface area contributed by atoms with E-state index in [4.69, 9.17) is 9.47 Å². The van der Waals surface area contributed by atoms with E-state index in [1.54, 1.807) is 0 Å². The Hall–Kier alpha value is -1.06. The lowest BCUT2D eigenvalue weighted by atomic mass is 10.2. The number of benzene rings is 1. The van der Waals surface area contributed by atoms with Gasteiger partial charge in [0.2, 0.25) is 0 Å². The Bertz CT molecular complexity index is 335. The minimum atomic E-state index is 0.620. The van der Waals surface area contributed by atoms with Crippen LogP contribution in [0.5, 0.6) is 5.75 Å². The lowest BCUT2D eigenvalue weighted by Gasteiger charge is -2.09. The first-order chi connectivity index (χ1) is 9.72. The van der Waals surface area contributed by atoms with Crippen molar-refractivity contribution in [3.8, 4) is 5.75 Å². The van der Waals surface area contributed by atoms with E-state index in [1.807, 2.05) is 12.1 Å². The highest BCUT2D eigenvalue weighted by molar-refractivity contribution is 5.27. The average molecular weight is 279 g/mol. The van der Waals surface area contributed by atoms with Gasteiger partial charge in [-0.2, -0.15) is 0 Å². The molecule has 0 spiro atoms. The van der Waals surface area contributed by atoms with E-state index in [1.165, 1.54) is 12.0 Å². The van der Waals surface area contributed by atoms with Crippen LogP contribution in [0.2, 0.25) is 0 Å². The van der Waals surface area contributed by atoms with Gasteiger partial charge in [-0.15, -0.1) is 0 Å². The summed E-state index contributed by atoms with van der Waals surface area (Å²) in [6.07, 6.45) is 2.30. The molecule has 0 radical (unpaired) electrons. The van der Waals surface area contributed by atoms with Crippen LogP contribution in [-0.4, -0.2) is 26.4 Å². The van der Waals surface area contributed by atoms with Crippen LogP contribution in [0.15, 0.2) is 24.3 Å². The topological polar surface area (TPSA) is 30.5 Å². The first-order valence-electron chi connectivity index (χ1n) is 7.72. The molecule has 114 valence electrons.